The summed E-state index contributed by atoms with van der Waals surface area (Å²) in [5, 5.41) is 2.49. The van der Waals surface area contributed by atoms with E-state index in [0.29, 0.717) is 0 Å². The zero-order chi connectivity index (χ0) is 14.6. The fourth-order valence-corrected chi connectivity index (χ4v) is 1.53. The Bertz CT molecular complexity index is 278. The van der Waals surface area contributed by atoms with Crippen LogP contribution in [0.5, 0.6) is 0 Å². The molecule has 6 heteroatoms. The molecule has 0 aliphatic carbocycles. The Kier molecular flexibility index (Phi) is 5.99. The second-order valence-electron chi connectivity index (χ2n) is 5.23. The van der Waals surface area contributed by atoms with Crippen molar-refractivity contribution in [1.82, 2.24) is 10.2 Å². The molecule has 1 unspecified atom stereocenters. The SMILES string of the molecule is CC.CN1CC(OC(=O)NC(C)(C)C)C(F)(F)C1. The highest BCUT2D eigenvalue weighted by molar-refractivity contribution is 5.68. The van der Waals surface area contributed by atoms with Crippen molar-refractivity contribution >= 4 is 6.09 Å². The lowest BCUT2D eigenvalue weighted by Gasteiger charge is -2.23. The van der Waals surface area contributed by atoms with Gasteiger partial charge in [-0.2, -0.15) is 0 Å². The number of amides is 1. The Labute approximate surface area is 108 Å². The Balaban J connectivity index is 0.00000137. The van der Waals surface area contributed by atoms with Crippen LogP contribution in [-0.4, -0.2) is 48.7 Å². The van der Waals surface area contributed by atoms with Gasteiger partial charge in [0, 0.05) is 12.1 Å². The number of likely N-dealkylation sites (tertiary alicyclic amines) is 1. The van der Waals surface area contributed by atoms with Gasteiger partial charge in [0.25, 0.3) is 5.92 Å². The molecule has 1 aliphatic rings. The average Bonchev–Trinajstić information content (AvgIpc) is 2.39. The average molecular weight is 266 g/mol. The molecule has 1 saturated heterocycles. The van der Waals surface area contributed by atoms with Gasteiger partial charge < -0.3 is 10.1 Å². The van der Waals surface area contributed by atoms with Crippen LogP contribution in [0.25, 0.3) is 0 Å². The van der Waals surface area contributed by atoms with Crippen LogP contribution < -0.4 is 5.32 Å². The number of alkyl carbamates (subject to hydrolysis) is 1. The van der Waals surface area contributed by atoms with E-state index >= 15 is 0 Å². The smallest absolute Gasteiger partial charge is 0.408 e. The second-order valence-corrected chi connectivity index (χ2v) is 5.23. The maximum absolute atomic E-state index is 13.3. The quantitative estimate of drug-likeness (QED) is 0.793. The van der Waals surface area contributed by atoms with Gasteiger partial charge in [0.2, 0.25) is 0 Å². The van der Waals surface area contributed by atoms with Crippen molar-refractivity contribution in [3.8, 4) is 0 Å². The lowest BCUT2D eigenvalue weighted by molar-refractivity contribution is -0.0784. The van der Waals surface area contributed by atoms with Gasteiger partial charge in [-0.15, -0.1) is 0 Å². The Morgan fingerprint density at radius 3 is 2.22 bits per heavy atom. The number of halogens is 2. The van der Waals surface area contributed by atoms with Crippen LogP contribution in [0.2, 0.25) is 0 Å². The van der Waals surface area contributed by atoms with E-state index in [2.05, 4.69) is 5.32 Å². The van der Waals surface area contributed by atoms with Gasteiger partial charge in [-0.25, -0.2) is 13.6 Å². The van der Waals surface area contributed by atoms with Crippen molar-refractivity contribution in [3.05, 3.63) is 0 Å². The molecule has 1 aliphatic heterocycles. The summed E-state index contributed by atoms with van der Waals surface area (Å²) in [5.74, 6) is -2.97. The summed E-state index contributed by atoms with van der Waals surface area (Å²) in [4.78, 5) is 12.8. The molecule has 0 saturated carbocycles. The summed E-state index contributed by atoms with van der Waals surface area (Å²) in [6.45, 7) is 8.96. The van der Waals surface area contributed by atoms with Gasteiger partial charge in [0.1, 0.15) is 0 Å². The number of likely N-dealkylation sites (N-methyl/N-ethyl adjacent to an activating group) is 1. The zero-order valence-corrected chi connectivity index (χ0v) is 12.0. The van der Waals surface area contributed by atoms with Gasteiger partial charge in [-0.1, -0.05) is 13.8 Å². The molecule has 1 N–H and O–H groups in total. The first-order valence-electron chi connectivity index (χ1n) is 6.15. The number of carbonyl (C=O) groups excluding carboxylic acids is 1. The highest BCUT2D eigenvalue weighted by Crippen LogP contribution is 2.29. The Morgan fingerprint density at radius 2 is 1.89 bits per heavy atom. The molecule has 18 heavy (non-hydrogen) atoms. The van der Waals surface area contributed by atoms with E-state index < -0.39 is 23.7 Å². The molecular formula is C12H24F2N2O2. The standard InChI is InChI=1S/C10H18F2N2O2.C2H6/c1-9(2,3)13-8(15)16-7-5-14(4)6-10(7,11)12;1-2/h7H,5-6H2,1-4H3,(H,13,15);1-2H3. The molecule has 1 rings (SSSR count). The predicted molar refractivity (Wildman–Crippen MR) is 66.9 cm³/mol. The summed E-state index contributed by atoms with van der Waals surface area (Å²) >= 11 is 0. The number of carbonyl (C=O) groups is 1. The van der Waals surface area contributed by atoms with E-state index in [9.17, 15) is 13.6 Å². The maximum Gasteiger partial charge on any atom is 0.408 e. The van der Waals surface area contributed by atoms with E-state index in [-0.39, 0.29) is 13.1 Å². The fourth-order valence-electron chi connectivity index (χ4n) is 1.53. The zero-order valence-electron chi connectivity index (χ0n) is 12.0. The van der Waals surface area contributed by atoms with Crippen LogP contribution >= 0.6 is 0 Å². The predicted octanol–water partition coefficient (Wildman–Crippen LogP) is 2.49. The molecule has 1 heterocycles. The number of hydrogen-bond acceptors (Lipinski definition) is 3. The molecular weight excluding hydrogens is 242 g/mol. The maximum atomic E-state index is 13.3. The Hall–Kier alpha value is -0.910. The topological polar surface area (TPSA) is 41.6 Å². The van der Waals surface area contributed by atoms with Crippen molar-refractivity contribution < 1.29 is 18.3 Å². The van der Waals surface area contributed by atoms with Gasteiger partial charge in [-0.05, 0) is 27.8 Å². The summed E-state index contributed by atoms with van der Waals surface area (Å²) in [7, 11) is 1.57. The van der Waals surface area contributed by atoms with Gasteiger partial charge in [-0.3, -0.25) is 4.90 Å². The number of nitrogens with one attached hydrogen (secondary N) is 1. The molecule has 1 fully saturated rings. The number of nitrogens with zero attached hydrogens (tertiary/aromatic N) is 1. The monoisotopic (exact) mass is 266 g/mol. The van der Waals surface area contributed by atoms with Crippen molar-refractivity contribution in [3.63, 3.8) is 0 Å². The van der Waals surface area contributed by atoms with E-state index in [1.165, 1.54) is 4.90 Å². The molecule has 0 aromatic carbocycles. The van der Waals surface area contributed by atoms with E-state index in [1.54, 1.807) is 27.8 Å². The summed E-state index contributed by atoms with van der Waals surface area (Å²) < 4.78 is 31.3. The summed E-state index contributed by atoms with van der Waals surface area (Å²) in [5.41, 5.74) is -0.489. The number of alkyl halides is 2. The van der Waals surface area contributed by atoms with Crippen LogP contribution in [0, 0.1) is 0 Å². The van der Waals surface area contributed by atoms with E-state index in [1.807, 2.05) is 13.8 Å². The number of rotatable bonds is 1. The first kappa shape index (κ1) is 17.1. The van der Waals surface area contributed by atoms with E-state index in [0.717, 1.165) is 0 Å². The number of ether oxygens (including phenoxy) is 1. The molecule has 4 nitrogen and oxygen atoms in total. The molecule has 0 aromatic rings. The van der Waals surface area contributed by atoms with Crippen LogP contribution in [0.1, 0.15) is 34.6 Å². The van der Waals surface area contributed by atoms with Crippen LogP contribution in [-0.2, 0) is 4.74 Å². The van der Waals surface area contributed by atoms with Gasteiger partial charge in [0.15, 0.2) is 6.10 Å². The normalized spacial score (nSPS) is 23.0. The fraction of sp³-hybridized carbons (Fsp3) is 0.917. The second kappa shape index (κ2) is 6.31. The van der Waals surface area contributed by atoms with Crippen molar-refractivity contribution in [1.29, 1.82) is 0 Å². The minimum atomic E-state index is -2.97. The molecule has 0 spiro atoms. The van der Waals surface area contributed by atoms with Crippen molar-refractivity contribution in [2.24, 2.45) is 0 Å². The molecule has 0 aromatic heterocycles. The summed E-state index contributed by atoms with van der Waals surface area (Å²) in [6, 6.07) is 0. The van der Waals surface area contributed by atoms with E-state index in [4.69, 9.17) is 4.74 Å². The molecule has 0 bridgehead atoms. The third-order valence-electron chi connectivity index (χ3n) is 2.16. The molecule has 0 radical (unpaired) electrons. The van der Waals surface area contributed by atoms with Crippen molar-refractivity contribution in [2.75, 3.05) is 20.1 Å². The molecule has 1 atom stereocenters. The minimum absolute atomic E-state index is 0.0601. The minimum Gasteiger partial charge on any atom is -0.438 e. The lowest BCUT2D eigenvalue weighted by Crippen LogP contribution is -2.45. The molecule has 1 amide bonds. The largest absolute Gasteiger partial charge is 0.438 e. The molecule has 108 valence electrons. The van der Waals surface area contributed by atoms with Crippen LogP contribution in [0.3, 0.4) is 0 Å². The highest BCUT2D eigenvalue weighted by Gasteiger charge is 2.49. The first-order valence-corrected chi connectivity index (χ1v) is 6.15. The third kappa shape index (κ3) is 5.62. The van der Waals surface area contributed by atoms with Gasteiger partial charge in [0.05, 0.1) is 6.54 Å². The lowest BCUT2D eigenvalue weighted by atomic mass is 10.1. The number of hydrogen-bond donors (Lipinski definition) is 1. The van der Waals surface area contributed by atoms with Gasteiger partial charge >= 0.3 is 6.09 Å². The Morgan fingerprint density at radius 1 is 1.39 bits per heavy atom. The van der Waals surface area contributed by atoms with Crippen LogP contribution in [0.4, 0.5) is 13.6 Å². The first-order chi connectivity index (χ1) is 8.10. The highest BCUT2D eigenvalue weighted by atomic mass is 19.3. The summed E-state index contributed by atoms with van der Waals surface area (Å²) in [6.07, 6.45) is -2.16. The van der Waals surface area contributed by atoms with Crippen molar-refractivity contribution in [2.45, 2.75) is 52.2 Å². The third-order valence-corrected chi connectivity index (χ3v) is 2.16. The van der Waals surface area contributed by atoms with Crippen LogP contribution in [0.15, 0.2) is 0 Å².